The SMILES string of the molecule is O=C(COCc1ccccc1-c1c(O)cccc1O)NC1C(=O)N2C(C(=O)O)=CCS[C@H]12. The predicted molar refractivity (Wildman–Crippen MR) is 116 cm³/mol. The van der Waals surface area contributed by atoms with Gasteiger partial charge in [0, 0.05) is 5.75 Å². The Morgan fingerprint density at radius 2 is 1.84 bits per heavy atom. The molecule has 4 N–H and O–H groups in total. The minimum atomic E-state index is -1.18. The summed E-state index contributed by atoms with van der Waals surface area (Å²) in [5, 5.41) is 31.6. The molecule has 2 aliphatic rings. The monoisotopic (exact) mass is 456 g/mol. The van der Waals surface area contributed by atoms with Gasteiger partial charge in [0.2, 0.25) is 5.91 Å². The molecular formula is C22H20N2O7S. The first-order valence-electron chi connectivity index (χ1n) is 9.73. The van der Waals surface area contributed by atoms with Gasteiger partial charge >= 0.3 is 5.97 Å². The standard InChI is InChI=1S/C22H20N2O7S/c25-15-6-3-7-16(26)18(15)13-5-2-1-4-12(13)10-31-11-17(27)23-19-20(28)24-14(22(29)30)8-9-32-21(19)24/h1-8,19,21,25-26H,9-11H2,(H,23,27)(H,29,30)/t19?,21-/m1/s1. The fourth-order valence-corrected chi connectivity index (χ4v) is 4.90. The maximum atomic E-state index is 12.3. The van der Waals surface area contributed by atoms with Crippen LogP contribution in [0.15, 0.2) is 54.2 Å². The van der Waals surface area contributed by atoms with Crippen molar-refractivity contribution in [2.75, 3.05) is 12.4 Å². The van der Waals surface area contributed by atoms with E-state index in [2.05, 4.69) is 5.32 Å². The van der Waals surface area contributed by atoms with Crippen LogP contribution in [0.25, 0.3) is 11.1 Å². The summed E-state index contributed by atoms with van der Waals surface area (Å²) in [6.45, 7) is -0.282. The van der Waals surface area contributed by atoms with E-state index in [1.54, 1.807) is 24.3 Å². The summed E-state index contributed by atoms with van der Waals surface area (Å²) in [5.74, 6) is -1.87. The largest absolute Gasteiger partial charge is 0.507 e. The summed E-state index contributed by atoms with van der Waals surface area (Å²) in [7, 11) is 0. The predicted octanol–water partition coefficient (Wildman–Crippen LogP) is 1.65. The molecule has 2 atom stereocenters. The molecule has 10 heteroatoms. The average Bonchev–Trinajstić information content (AvgIpc) is 2.77. The third-order valence-electron chi connectivity index (χ3n) is 5.18. The van der Waals surface area contributed by atoms with Gasteiger partial charge in [-0.15, -0.1) is 11.8 Å². The molecule has 32 heavy (non-hydrogen) atoms. The fourth-order valence-electron chi connectivity index (χ4n) is 3.70. The Bertz CT molecular complexity index is 1100. The number of fused-ring (bicyclic) bond motifs is 1. The molecule has 0 bridgehead atoms. The van der Waals surface area contributed by atoms with Crippen LogP contribution >= 0.6 is 11.8 Å². The molecule has 0 aromatic heterocycles. The number of hydrogen-bond acceptors (Lipinski definition) is 7. The van der Waals surface area contributed by atoms with Gasteiger partial charge in [-0.1, -0.05) is 30.3 Å². The number of thioether (sulfide) groups is 1. The van der Waals surface area contributed by atoms with E-state index in [0.717, 1.165) is 0 Å². The second-order valence-electron chi connectivity index (χ2n) is 7.19. The van der Waals surface area contributed by atoms with Crippen LogP contribution in [0.2, 0.25) is 0 Å². The molecule has 0 aliphatic carbocycles. The molecule has 1 saturated heterocycles. The van der Waals surface area contributed by atoms with Gasteiger partial charge in [0.1, 0.15) is 35.2 Å². The van der Waals surface area contributed by atoms with Crippen LogP contribution in [0.4, 0.5) is 0 Å². The topological polar surface area (TPSA) is 136 Å². The quantitative estimate of drug-likeness (QED) is 0.462. The van der Waals surface area contributed by atoms with Crippen LogP contribution < -0.4 is 5.32 Å². The lowest BCUT2D eigenvalue weighted by Gasteiger charge is -2.48. The van der Waals surface area contributed by atoms with Gasteiger partial charge in [0.15, 0.2) is 0 Å². The van der Waals surface area contributed by atoms with Crippen LogP contribution in [-0.2, 0) is 25.7 Å². The van der Waals surface area contributed by atoms with E-state index < -0.39 is 29.2 Å². The van der Waals surface area contributed by atoms with Crippen LogP contribution in [0.5, 0.6) is 11.5 Å². The smallest absolute Gasteiger partial charge is 0.352 e. The number of carbonyl (C=O) groups excluding carboxylic acids is 2. The van der Waals surface area contributed by atoms with Crippen molar-refractivity contribution in [2.24, 2.45) is 0 Å². The zero-order chi connectivity index (χ0) is 22.8. The van der Waals surface area contributed by atoms with E-state index in [0.29, 0.717) is 16.9 Å². The van der Waals surface area contributed by atoms with Crippen molar-refractivity contribution in [3.8, 4) is 22.6 Å². The first-order chi connectivity index (χ1) is 15.4. The number of carbonyl (C=O) groups is 3. The Morgan fingerprint density at radius 1 is 1.12 bits per heavy atom. The number of β-lactam (4-membered cyclic amide) rings is 1. The number of carboxylic acids is 1. The van der Waals surface area contributed by atoms with Crippen molar-refractivity contribution in [3.63, 3.8) is 0 Å². The van der Waals surface area contributed by atoms with Crippen LogP contribution in [0.1, 0.15) is 5.56 Å². The fraction of sp³-hybridized carbons (Fsp3) is 0.227. The van der Waals surface area contributed by atoms with Gasteiger partial charge in [-0.25, -0.2) is 4.79 Å². The van der Waals surface area contributed by atoms with E-state index in [9.17, 15) is 29.7 Å². The number of nitrogens with zero attached hydrogens (tertiary/aromatic N) is 1. The first-order valence-corrected chi connectivity index (χ1v) is 10.8. The Kier molecular flexibility index (Phi) is 6.06. The number of aromatic hydroxyl groups is 2. The molecule has 4 rings (SSSR count). The number of amides is 2. The normalized spacial score (nSPS) is 19.6. The third-order valence-corrected chi connectivity index (χ3v) is 6.36. The summed E-state index contributed by atoms with van der Waals surface area (Å²) in [6.07, 6.45) is 1.47. The molecule has 2 aromatic rings. The van der Waals surface area contributed by atoms with Crippen LogP contribution in [0, 0.1) is 0 Å². The number of ether oxygens (including phenoxy) is 1. The molecule has 9 nitrogen and oxygen atoms in total. The lowest BCUT2D eigenvalue weighted by Crippen LogP contribution is -2.70. The second kappa shape index (κ2) is 8.93. The number of hydrogen-bond donors (Lipinski definition) is 4. The summed E-state index contributed by atoms with van der Waals surface area (Å²) in [4.78, 5) is 37.1. The molecular weight excluding hydrogens is 436 g/mol. The highest BCUT2D eigenvalue weighted by Crippen LogP contribution is 2.39. The summed E-state index contributed by atoms with van der Waals surface area (Å²) in [6, 6.07) is 10.7. The zero-order valence-corrected chi connectivity index (χ0v) is 17.5. The maximum Gasteiger partial charge on any atom is 0.352 e. The van der Waals surface area contributed by atoms with E-state index in [4.69, 9.17) is 4.74 Å². The summed E-state index contributed by atoms with van der Waals surface area (Å²) >= 11 is 1.37. The Hall–Kier alpha value is -3.50. The highest BCUT2D eigenvalue weighted by atomic mass is 32.2. The highest BCUT2D eigenvalue weighted by molar-refractivity contribution is 8.00. The van der Waals surface area contributed by atoms with Gasteiger partial charge in [-0.05, 0) is 29.3 Å². The Labute approximate surface area is 187 Å². The number of nitrogens with one attached hydrogen (secondary N) is 1. The van der Waals surface area contributed by atoms with E-state index in [1.807, 2.05) is 0 Å². The minimum absolute atomic E-state index is 0.0339. The number of phenols is 2. The molecule has 1 fully saturated rings. The number of phenolic OH excluding ortho intramolecular Hbond substituents is 2. The van der Waals surface area contributed by atoms with Crippen LogP contribution in [-0.4, -0.2) is 61.8 Å². The molecule has 0 spiro atoms. The van der Waals surface area contributed by atoms with Crippen molar-refractivity contribution in [3.05, 3.63) is 59.8 Å². The number of rotatable bonds is 7. The summed E-state index contributed by atoms with van der Waals surface area (Å²) < 4.78 is 5.51. The molecule has 2 aromatic carbocycles. The zero-order valence-electron chi connectivity index (χ0n) is 16.7. The molecule has 2 heterocycles. The molecule has 2 amide bonds. The molecule has 0 radical (unpaired) electrons. The second-order valence-corrected chi connectivity index (χ2v) is 8.34. The van der Waals surface area contributed by atoms with Gasteiger partial charge in [0.05, 0.1) is 12.2 Å². The van der Waals surface area contributed by atoms with E-state index in [-0.39, 0.29) is 36.0 Å². The van der Waals surface area contributed by atoms with Crippen molar-refractivity contribution in [1.29, 1.82) is 0 Å². The van der Waals surface area contributed by atoms with Crippen molar-refractivity contribution in [2.45, 2.75) is 18.0 Å². The van der Waals surface area contributed by atoms with Crippen LogP contribution in [0.3, 0.4) is 0 Å². The lowest BCUT2D eigenvalue weighted by molar-refractivity contribution is -0.151. The van der Waals surface area contributed by atoms with Crippen molar-refractivity contribution in [1.82, 2.24) is 10.2 Å². The highest BCUT2D eigenvalue weighted by Gasteiger charge is 2.52. The lowest BCUT2D eigenvalue weighted by atomic mass is 9.98. The third kappa shape index (κ3) is 4.02. The van der Waals surface area contributed by atoms with E-state index in [1.165, 1.54) is 40.9 Å². The number of carboxylic acid groups (broad SMARTS) is 1. The molecule has 0 saturated carbocycles. The first kappa shape index (κ1) is 21.7. The Balaban J connectivity index is 1.36. The molecule has 1 unspecified atom stereocenters. The molecule has 2 aliphatic heterocycles. The molecule has 166 valence electrons. The number of aliphatic carboxylic acids is 1. The van der Waals surface area contributed by atoms with Gasteiger partial charge in [-0.2, -0.15) is 0 Å². The maximum absolute atomic E-state index is 12.3. The Morgan fingerprint density at radius 3 is 2.56 bits per heavy atom. The number of benzene rings is 2. The van der Waals surface area contributed by atoms with Gasteiger partial charge < -0.3 is 25.4 Å². The summed E-state index contributed by atoms with van der Waals surface area (Å²) in [5.41, 5.74) is 1.43. The average molecular weight is 456 g/mol. The van der Waals surface area contributed by atoms with Crippen molar-refractivity contribution < 1.29 is 34.4 Å². The van der Waals surface area contributed by atoms with Gasteiger partial charge in [-0.3, -0.25) is 14.5 Å². The van der Waals surface area contributed by atoms with Gasteiger partial charge in [0.25, 0.3) is 5.91 Å². The minimum Gasteiger partial charge on any atom is -0.507 e. The van der Waals surface area contributed by atoms with Crippen molar-refractivity contribution >= 4 is 29.5 Å². The van der Waals surface area contributed by atoms with E-state index >= 15 is 0 Å².